The Bertz CT molecular complexity index is 1080. The predicted octanol–water partition coefficient (Wildman–Crippen LogP) is 3.47. The standard InChI is InChI=1S/C18H17N3O2S/c1-10-4-5-11(2)14(8-10)19-16(22)12-6-7-13-15(9-12)20-18(24)21(3)17(13)23/h4-9H,1-3H3,(H,19,22)(H,20,24). The average molecular weight is 339 g/mol. The van der Waals surface area contributed by atoms with Crippen LogP contribution < -0.4 is 10.9 Å². The number of hydrogen-bond donors (Lipinski definition) is 2. The van der Waals surface area contributed by atoms with Crippen molar-refractivity contribution in [2.75, 3.05) is 5.32 Å². The summed E-state index contributed by atoms with van der Waals surface area (Å²) in [6.07, 6.45) is 0. The van der Waals surface area contributed by atoms with Crippen molar-refractivity contribution in [2.45, 2.75) is 13.8 Å². The molecule has 0 spiro atoms. The second-order valence-electron chi connectivity index (χ2n) is 5.83. The van der Waals surface area contributed by atoms with Crippen molar-refractivity contribution in [1.29, 1.82) is 0 Å². The summed E-state index contributed by atoms with van der Waals surface area (Å²) in [5.74, 6) is -0.231. The number of aryl methyl sites for hydroxylation is 2. The van der Waals surface area contributed by atoms with Gasteiger partial charge in [0.15, 0.2) is 4.77 Å². The van der Waals surface area contributed by atoms with E-state index in [1.54, 1.807) is 25.2 Å². The summed E-state index contributed by atoms with van der Waals surface area (Å²) in [6.45, 7) is 3.91. The van der Waals surface area contributed by atoms with Gasteiger partial charge >= 0.3 is 0 Å². The molecule has 2 aromatic carbocycles. The van der Waals surface area contributed by atoms with E-state index in [9.17, 15) is 9.59 Å². The van der Waals surface area contributed by atoms with Crippen molar-refractivity contribution in [3.63, 3.8) is 0 Å². The first-order chi connectivity index (χ1) is 11.4. The van der Waals surface area contributed by atoms with Crippen molar-refractivity contribution in [2.24, 2.45) is 7.05 Å². The van der Waals surface area contributed by atoms with Crippen molar-refractivity contribution >= 4 is 34.7 Å². The molecule has 0 unspecified atom stereocenters. The minimum Gasteiger partial charge on any atom is -0.332 e. The fraction of sp³-hybridized carbons (Fsp3) is 0.167. The number of carbonyl (C=O) groups is 1. The van der Waals surface area contributed by atoms with Crippen LogP contribution in [0.25, 0.3) is 10.9 Å². The summed E-state index contributed by atoms with van der Waals surface area (Å²) in [4.78, 5) is 27.7. The molecule has 1 heterocycles. The highest BCUT2D eigenvalue weighted by Gasteiger charge is 2.11. The minimum atomic E-state index is -0.231. The van der Waals surface area contributed by atoms with Crippen LogP contribution in [0.2, 0.25) is 0 Å². The van der Waals surface area contributed by atoms with E-state index in [0.29, 0.717) is 21.2 Å². The normalized spacial score (nSPS) is 10.8. The molecule has 0 saturated heterocycles. The molecule has 0 atom stereocenters. The first-order valence-corrected chi connectivity index (χ1v) is 7.89. The zero-order valence-electron chi connectivity index (χ0n) is 13.6. The number of benzene rings is 2. The highest BCUT2D eigenvalue weighted by molar-refractivity contribution is 7.71. The van der Waals surface area contributed by atoms with Gasteiger partial charge in [-0.05, 0) is 61.5 Å². The van der Waals surface area contributed by atoms with Crippen LogP contribution in [0.5, 0.6) is 0 Å². The largest absolute Gasteiger partial charge is 0.332 e. The number of rotatable bonds is 2. The van der Waals surface area contributed by atoms with Gasteiger partial charge in [0.25, 0.3) is 11.5 Å². The van der Waals surface area contributed by atoms with E-state index in [0.717, 1.165) is 16.8 Å². The summed E-state index contributed by atoms with van der Waals surface area (Å²) < 4.78 is 1.69. The lowest BCUT2D eigenvalue weighted by Crippen LogP contribution is -2.19. The molecule has 3 aromatic rings. The molecule has 6 heteroatoms. The van der Waals surface area contributed by atoms with Gasteiger partial charge < -0.3 is 10.3 Å². The molecule has 122 valence electrons. The Labute approximate surface area is 144 Å². The van der Waals surface area contributed by atoms with Gasteiger partial charge in [0.2, 0.25) is 0 Å². The number of carbonyl (C=O) groups excluding carboxylic acids is 1. The summed E-state index contributed by atoms with van der Waals surface area (Å²) >= 11 is 5.12. The van der Waals surface area contributed by atoms with Gasteiger partial charge in [0, 0.05) is 18.3 Å². The maximum absolute atomic E-state index is 12.5. The monoisotopic (exact) mass is 339 g/mol. The van der Waals surface area contributed by atoms with E-state index in [4.69, 9.17) is 12.2 Å². The highest BCUT2D eigenvalue weighted by Crippen LogP contribution is 2.18. The number of H-pyrrole nitrogens is 1. The maximum atomic E-state index is 12.5. The van der Waals surface area contributed by atoms with Crippen molar-refractivity contribution in [3.05, 3.63) is 68.2 Å². The molecule has 0 aliphatic heterocycles. The third-order valence-electron chi connectivity index (χ3n) is 4.00. The van der Waals surface area contributed by atoms with Crippen molar-refractivity contribution in [1.82, 2.24) is 9.55 Å². The lowest BCUT2D eigenvalue weighted by Gasteiger charge is -2.10. The predicted molar refractivity (Wildman–Crippen MR) is 98.2 cm³/mol. The Morgan fingerprint density at radius 2 is 1.92 bits per heavy atom. The Balaban J connectivity index is 2.02. The molecule has 0 fully saturated rings. The molecule has 2 N–H and O–H groups in total. The second kappa shape index (κ2) is 6.05. The number of fused-ring (bicyclic) bond motifs is 1. The third-order valence-corrected chi connectivity index (χ3v) is 4.38. The van der Waals surface area contributed by atoms with Gasteiger partial charge in [-0.15, -0.1) is 0 Å². The number of anilines is 1. The molecule has 1 aromatic heterocycles. The van der Waals surface area contributed by atoms with Crippen LogP contribution in [0.4, 0.5) is 5.69 Å². The molecule has 5 nitrogen and oxygen atoms in total. The number of nitrogens with one attached hydrogen (secondary N) is 2. The number of aromatic nitrogens is 2. The number of hydrogen-bond acceptors (Lipinski definition) is 3. The number of amides is 1. The zero-order valence-corrected chi connectivity index (χ0v) is 14.5. The van der Waals surface area contributed by atoms with E-state index in [1.807, 2.05) is 32.0 Å². The molecule has 3 rings (SSSR count). The molecular formula is C18H17N3O2S. The fourth-order valence-electron chi connectivity index (χ4n) is 2.51. The number of aromatic amines is 1. The fourth-order valence-corrected chi connectivity index (χ4v) is 2.71. The van der Waals surface area contributed by atoms with Gasteiger partial charge in [-0.2, -0.15) is 0 Å². The highest BCUT2D eigenvalue weighted by atomic mass is 32.1. The van der Waals surface area contributed by atoms with Gasteiger partial charge in [-0.25, -0.2) is 0 Å². The van der Waals surface area contributed by atoms with E-state index in [-0.39, 0.29) is 11.5 Å². The second-order valence-corrected chi connectivity index (χ2v) is 6.21. The smallest absolute Gasteiger partial charge is 0.261 e. The van der Waals surface area contributed by atoms with Crippen LogP contribution >= 0.6 is 12.2 Å². The minimum absolute atomic E-state index is 0.185. The summed E-state index contributed by atoms with van der Waals surface area (Å²) in [6, 6.07) is 10.8. The Kier molecular flexibility index (Phi) is 4.07. The number of nitrogens with zero attached hydrogens (tertiary/aromatic N) is 1. The third kappa shape index (κ3) is 2.88. The van der Waals surface area contributed by atoms with Crippen molar-refractivity contribution < 1.29 is 4.79 Å². The molecule has 24 heavy (non-hydrogen) atoms. The molecule has 0 aliphatic carbocycles. The van der Waals surface area contributed by atoms with Crippen LogP contribution in [0.3, 0.4) is 0 Å². The SMILES string of the molecule is Cc1ccc(C)c(NC(=O)c2ccc3c(=O)n(C)c(=S)[nH]c3c2)c1. The van der Waals surface area contributed by atoms with E-state index in [2.05, 4.69) is 10.3 Å². The van der Waals surface area contributed by atoms with Gasteiger partial charge in [-0.1, -0.05) is 12.1 Å². The summed E-state index contributed by atoms with van der Waals surface area (Å²) in [5, 5.41) is 3.41. The molecular weight excluding hydrogens is 322 g/mol. The van der Waals surface area contributed by atoms with Crippen LogP contribution in [0.15, 0.2) is 41.2 Å². The van der Waals surface area contributed by atoms with Gasteiger partial charge in [0.05, 0.1) is 10.9 Å². The Hall–Kier alpha value is -2.73. The molecule has 0 aliphatic rings. The molecule has 1 amide bonds. The van der Waals surface area contributed by atoms with Gasteiger partial charge in [0.1, 0.15) is 0 Å². The summed E-state index contributed by atoms with van der Waals surface area (Å²) in [5.41, 5.74) is 3.66. The van der Waals surface area contributed by atoms with E-state index < -0.39 is 0 Å². The first-order valence-electron chi connectivity index (χ1n) is 7.48. The van der Waals surface area contributed by atoms with Gasteiger partial charge in [-0.3, -0.25) is 14.2 Å². The molecule has 0 radical (unpaired) electrons. The van der Waals surface area contributed by atoms with E-state index >= 15 is 0 Å². The lowest BCUT2D eigenvalue weighted by molar-refractivity contribution is 0.102. The first kappa shape index (κ1) is 16.1. The maximum Gasteiger partial charge on any atom is 0.261 e. The zero-order chi connectivity index (χ0) is 17.4. The van der Waals surface area contributed by atoms with Crippen LogP contribution in [0, 0.1) is 18.6 Å². The summed E-state index contributed by atoms with van der Waals surface area (Å²) in [7, 11) is 1.61. The Morgan fingerprint density at radius 3 is 2.67 bits per heavy atom. The molecule has 0 bridgehead atoms. The quantitative estimate of drug-likeness (QED) is 0.703. The average Bonchev–Trinajstić information content (AvgIpc) is 2.55. The Morgan fingerprint density at radius 1 is 1.17 bits per heavy atom. The molecule has 0 saturated carbocycles. The van der Waals surface area contributed by atoms with Crippen LogP contribution in [-0.4, -0.2) is 15.5 Å². The topological polar surface area (TPSA) is 66.9 Å². The lowest BCUT2D eigenvalue weighted by atomic mass is 10.1. The van der Waals surface area contributed by atoms with Crippen LogP contribution in [-0.2, 0) is 7.05 Å². The van der Waals surface area contributed by atoms with Crippen molar-refractivity contribution in [3.8, 4) is 0 Å². The van der Waals surface area contributed by atoms with Crippen LogP contribution in [0.1, 0.15) is 21.5 Å². The van der Waals surface area contributed by atoms with E-state index in [1.165, 1.54) is 4.57 Å².